The molecule has 0 aromatic heterocycles. The highest BCUT2D eigenvalue weighted by molar-refractivity contribution is 5.79. The van der Waals surface area contributed by atoms with Crippen molar-refractivity contribution in [2.24, 2.45) is 0 Å². The Morgan fingerprint density at radius 2 is 1.96 bits per heavy atom. The summed E-state index contributed by atoms with van der Waals surface area (Å²) in [6, 6.07) is 14.4. The van der Waals surface area contributed by atoms with E-state index in [-0.39, 0.29) is 24.1 Å². The molecule has 0 bridgehead atoms. The van der Waals surface area contributed by atoms with Crippen molar-refractivity contribution in [2.45, 2.75) is 18.8 Å². The maximum Gasteiger partial charge on any atom is 0.227 e. The molecule has 3 rings (SSSR count). The number of benzene rings is 2. The molecule has 23 heavy (non-hydrogen) atoms. The molecule has 1 atom stereocenters. The summed E-state index contributed by atoms with van der Waals surface area (Å²) in [5, 5.41) is 0. The van der Waals surface area contributed by atoms with Gasteiger partial charge in [-0.1, -0.05) is 36.4 Å². The van der Waals surface area contributed by atoms with E-state index in [1.165, 1.54) is 6.07 Å². The lowest BCUT2D eigenvalue weighted by Crippen LogP contribution is -2.30. The molecule has 0 radical (unpaired) electrons. The molecule has 1 aliphatic rings. The zero-order chi connectivity index (χ0) is 16.2. The highest BCUT2D eigenvalue weighted by Crippen LogP contribution is 2.33. The molecule has 0 saturated carbocycles. The van der Waals surface area contributed by atoms with E-state index in [9.17, 15) is 9.18 Å². The van der Waals surface area contributed by atoms with Gasteiger partial charge in [0.15, 0.2) is 0 Å². The number of rotatable bonds is 4. The second kappa shape index (κ2) is 6.82. The number of methoxy groups -OCH3 is 1. The lowest BCUT2D eigenvalue weighted by molar-refractivity contribution is -0.129. The number of hydrogen-bond acceptors (Lipinski definition) is 2. The summed E-state index contributed by atoms with van der Waals surface area (Å²) in [5.41, 5.74) is 1.59. The Morgan fingerprint density at radius 1 is 1.22 bits per heavy atom. The first kappa shape index (κ1) is 15.5. The third kappa shape index (κ3) is 3.36. The van der Waals surface area contributed by atoms with Crippen LogP contribution in [0.2, 0.25) is 0 Å². The van der Waals surface area contributed by atoms with Crippen LogP contribution in [0.25, 0.3) is 0 Å². The Kier molecular flexibility index (Phi) is 4.60. The van der Waals surface area contributed by atoms with Crippen LogP contribution in [-0.2, 0) is 11.2 Å². The Balaban J connectivity index is 1.68. The molecule has 1 amide bonds. The first-order chi connectivity index (χ1) is 11.2. The minimum Gasteiger partial charge on any atom is -0.496 e. The van der Waals surface area contributed by atoms with Crippen LogP contribution in [-0.4, -0.2) is 31.0 Å². The van der Waals surface area contributed by atoms with Crippen LogP contribution in [0.15, 0.2) is 48.5 Å². The Morgan fingerprint density at radius 3 is 2.74 bits per heavy atom. The summed E-state index contributed by atoms with van der Waals surface area (Å²) in [6.45, 7) is 1.36. The maximum atomic E-state index is 13.7. The molecule has 2 aromatic rings. The monoisotopic (exact) mass is 313 g/mol. The maximum absolute atomic E-state index is 13.7. The second-order valence-corrected chi connectivity index (χ2v) is 5.84. The predicted octanol–water partition coefficient (Wildman–Crippen LogP) is 3.39. The van der Waals surface area contributed by atoms with Crippen molar-refractivity contribution in [3.05, 3.63) is 65.5 Å². The minimum absolute atomic E-state index is 0.0208. The van der Waals surface area contributed by atoms with Crippen molar-refractivity contribution in [1.82, 2.24) is 4.90 Å². The molecule has 0 unspecified atom stereocenters. The van der Waals surface area contributed by atoms with Gasteiger partial charge < -0.3 is 9.64 Å². The molecular weight excluding hydrogens is 293 g/mol. The normalized spacial score (nSPS) is 17.3. The van der Waals surface area contributed by atoms with Crippen molar-refractivity contribution in [1.29, 1.82) is 0 Å². The van der Waals surface area contributed by atoms with Crippen LogP contribution >= 0.6 is 0 Å². The fourth-order valence-corrected chi connectivity index (χ4v) is 3.16. The van der Waals surface area contributed by atoms with E-state index >= 15 is 0 Å². The van der Waals surface area contributed by atoms with Gasteiger partial charge in [0, 0.05) is 19.0 Å². The van der Waals surface area contributed by atoms with Crippen molar-refractivity contribution in [3.63, 3.8) is 0 Å². The largest absolute Gasteiger partial charge is 0.496 e. The zero-order valence-corrected chi connectivity index (χ0v) is 13.2. The van der Waals surface area contributed by atoms with Crippen LogP contribution in [0.5, 0.6) is 5.75 Å². The number of halogens is 1. The van der Waals surface area contributed by atoms with E-state index < -0.39 is 0 Å². The number of amides is 1. The van der Waals surface area contributed by atoms with E-state index in [0.717, 1.165) is 17.7 Å². The molecule has 2 aromatic carbocycles. The standard InChI is InChI=1S/C19H20FNO2/c1-23-18-9-5-3-7-16(18)15-10-11-21(13-15)19(22)12-14-6-2-4-8-17(14)20/h2-9,15H,10-13H2,1H3/t15-/m1/s1. The van der Waals surface area contributed by atoms with Crippen LogP contribution in [0.3, 0.4) is 0 Å². The number of para-hydroxylation sites is 1. The van der Waals surface area contributed by atoms with E-state index in [2.05, 4.69) is 0 Å². The number of carbonyl (C=O) groups is 1. The van der Waals surface area contributed by atoms with Gasteiger partial charge in [0.25, 0.3) is 0 Å². The van der Waals surface area contributed by atoms with Crippen LogP contribution in [0, 0.1) is 5.82 Å². The quantitative estimate of drug-likeness (QED) is 0.866. The SMILES string of the molecule is COc1ccccc1[C@@H]1CCN(C(=O)Cc2ccccc2F)C1. The molecule has 120 valence electrons. The van der Waals surface area contributed by atoms with E-state index in [4.69, 9.17) is 4.74 Å². The summed E-state index contributed by atoms with van der Waals surface area (Å²) in [4.78, 5) is 14.2. The Bertz CT molecular complexity index is 701. The van der Waals surface area contributed by atoms with Gasteiger partial charge in [-0.2, -0.15) is 0 Å². The van der Waals surface area contributed by atoms with Crippen molar-refractivity contribution in [2.75, 3.05) is 20.2 Å². The topological polar surface area (TPSA) is 29.5 Å². The summed E-state index contributed by atoms with van der Waals surface area (Å²) in [6.07, 6.45) is 1.02. The van der Waals surface area contributed by atoms with Gasteiger partial charge in [0.1, 0.15) is 11.6 Å². The Hall–Kier alpha value is -2.36. The lowest BCUT2D eigenvalue weighted by Gasteiger charge is -2.18. The zero-order valence-electron chi connectivity index (χ0n) is 13.2. The summed E-state index contributed by atoms with van der Waals surface area (Å²) >= 11 is 0. The van der Waals surface area contributed by atoms with Gasteiger partial charge in [-0.15, -0.1) is 0 Å². The van der Waals surface area contributed by atoms with Crippen molar-refractivity contribution < 1.29 is 13.9 Å². The van der Waals surface area contributed by atoms with E-state index in [1.807, 2.05) is 29.2 Å². The molecular formula is C19H20FNO2. The van der Waals surface area contributed by atoms with Crippen LogP contribution < -0.4 is 4.74 Å². The first-order valence-electron chi connectivity index (χ1n) is 7.83. The number of likely N-dealkylation sites (tertiary alicyclic amines) is 1. The second-order valence-electron chi connectivity index (χ2n) is 5.84. The van der Waals surface area contributed by atoms with E-state index in [0.29, 0.717) is 18.7 Å². The lowest BCUT2D eigenvalue weighted by atomic mass is 9.97. The molecule has 1 aliphatic heterocycles. The van der Waals surface area contributed by atoms with Crippen LogP contribution in [0.1, 0.15) is 23.5 Å². The number of hydrogen-bond donors (Lipinski definition) is 0. The summed E-state index contributed by atoms with van der Waals surface area (Å²) < 4.78 is 19.1. The first-order valence-corrected chi connectivity index (χ1v) is 7.83. The molecule has 1 saturated heterocycles. The smallest absolute Gasteiger partial charge is 0.227 e. The molecule has 0 N–H and O–H groups in total. The van der Waals surface area contributed by atoms with Gasteiger partial charge in [0.05, 0.1) is 13.5 Å². The minimum atomic E-state index is -0.318. The van der Waals surface area contributed by atoms with Gasteiger partial charge in [-0.05, 0) is 29.7 Å². The molecule has 4 heteroatoms. The molecule has 0 spiro atoms. The van der Waals surface area contributed by atoms with Crippen LogP contribution in [0.4, 0.5) is 4.39 Å². The van der Waals surface area contributed by atoms with Gasteiger partial charge >= 0.3 is 0 Å². The molecule has 0 aliphatic carbocycles. The molecule has 3 nitrogen and oxygen atoms in total. The average Bonchev–Trinajstić information content (AvgIpc) is 3.07. The van der Waals surface area contributed by atoms with Crippen molar-refractivity contribution >= 4 is 5.91 Å². The number of nitrogens with zero attached hydrogens (tertiary/aromatic N) is 1. The highest BCUT2D eigenvalue weighted by atomic mass is 19.1. The number of ether oxygens (including phenoxy) is 1. The van der Waals surface area contributed by atoms with Gasteiger partial charge in [0.2, 0.25) is 5.91 Å². The van der Waals surface area contributed by atoms with E-state index in [1.54, 1.807) is 25.3 Å². The number of carbonyl (C=O) groups excluding carboxylic acids is 1. The molecule has 1 heterocycles. The highest BCUT2D eigenvalue weighted by Gasteiger charge is 2.29. The Labute approximate surface area is 135 Å². The fourth-order valence-electron chi connectivity index (χ4n) is 3.16. The predicted molar refractivity (Wildman–Crippen MR) is 87.0 cm³/mol. The fraction of sp³-hybridized carbons (Fsp3) is 0.316. The van der Waals surface area contributed by atoms with Gasteiger partial charge in [-0.3, -0.25) is 4.79 Å². The third-order valence-corrected chi connectivity index (χ3v) is 4.42. The average molecular weight is 313 g/mol. The van der Waals surface area contributed by atoms with Gasteiger partial charge in [-0.25, -0.2) is 4.39 Å². The third-order valence-electron chi connectivity index (χ3n) is 4.42. The van der Waals surface area contributed by atoms with Crippen molar-refractivity contribution in [3.8, 4) is 5.75 Å². The summed E-state index contributed by atoms with van der Waals surface area (Å²) in [5.74, 6) is 0.797. The molecule has 1 fully saturated rings. The summed E-state index contributed by atoms with van der Waals surface area (Å²) in [7, 11) is 1.66.